The van der Waals surface area contributed by atoms with E-state index in [0.29, 0.717) is 5.71 Å². The van der Waals surface area contributed by atoms with E-state index in [0.717, 1.165) is 13.0 Å². The van der Waals surface area contributed by atoms with Crippen LogP contribution >= 0.6 is 0 Å². The van der Waals surface area contributed by atoms with Gasteiger partial charge in [-0.1, -0.05) is 20.8 Å². The van der Waals surface area contributed by atoms with Crippen molar-refractivity contribution in [2.75, 3.05) is 13.6 Å². The number of rotatable bonds is 5. The molecule has 15 heavy (non-hydrogen) atoms. The zero-order valence-electron chi connectivity index (χ0n) is 10.9. The maximum absolute atomic E-state index is 12.1. The van der Waals surface area contributed by atoms with E-state index in [1.807, 2.05) is 32.6 Å². The minimum Gasteiger partial charge on any atom is -0.335 e. The molecule has 0 radical (unpaired) electrons. The summed E-state index contributed by atoms with van der Waals surface area (Å²) >= 11 is 0. The first-order valence-electron chi connectivity index (χ1n) is 5.73. The molecule has 0 saturated heterocycles. The van der Waals surface area contributed by atoms with Crippen LogP contribution in [0.5, 0.6) is 0 Å². The van der Waals surface area contributed by atoms with Crippen LogP contribution in [0.2, 0.25) is 0 Å². The van der Waals surface area contributed by atoms with Crippen molar-refractivity contribution in [2.24, 2.45) is 10.9 Å². The molecule has 0 aromatic carbocycles. The number of nitrogens with zero attached hydrogens (tertiary/aromatic N) is 2. The lowest BCUT2D eigenvalue weighted by Crippen LogP contribution is -2.43. The number of hydrogen-bond acceptors (Lipinski definition) is 2. The smallest absolute Gasteiger partial charge is 0.268 e. The summed E-state index contributed by atoms with van der Waals surface area (Å²) < 4.78 is 0. The highest BCUT2D eigenvalue weighted by molar-refractivity contribution is 6.39. The lowest BCUT2D eigenvalue weighted by Gasteiger charge is -2.27. The van der Waals surface area contributed by atoms with E-state index in [4.69, 9.17) is 0 Å². The molecule has 0 spiro atoms. The topological polar surface area (TPSA) is 32.7 Å². The molecule has 0 aliphatic rings. The van der Waals surface area contributed by atoms with E-state index in [9.17, 15) is 4.79 Å². The minimum absolute atomic E-state index is 0.0874. The first-order chi connectivity index (χ1) is 6.95. The number of hydrogen-bond donors (Lipinski definition) is 0. The number of amides is 1. The standard InChI is InChI=1S/C12H24N2O/c1-7-8-14(10(4)5)12(15)11(13-6)9(2)3/h9-10H,7-8H2,1-6H3. The molecule has 3 nitrogen and oxygen atoms in total. The van der Waals surface area contributed by atoms with E-state index in [-0.39, 0.29) is 17.9 Å². The Balaban J connectivity index is 4.76. The van der Waals surface area contributed by atoms with Gasteiger partial charge in [0.1, 0.15) is 5.71 Å². The van der Waals surface area contributed by atoms with Gasteiger partial charge in [-0.2, -0.15) is 0 Å². The Kier molecular flexibility index (Phi) is 6.21. The Bertz CT molecular complexity index is 232. The molecule has 0 saturated carbocycles. The van der Waals surface area contributed by atoms with E-state index in [1.54, 1.807) is 7.05 Å². The molecule has 1 amide bonds. The fourth-order valence-corrected chi connectivity index (χ4v) is 1.58. The molecule has 0 heterocycles. The average molecular weight is 212 g/mol. The normalized spacial score (nSPS) is 12.4. The Morgan fingerprint density at radius 2 is 1.80 bits per heavy atom. The van der Waals surface area contributed by atoms with Gasteiger partial charge >= 0.3 is 0 Å². The van der Waals surface area contributed by atoms with Gasteiger partial charge in [0.25, 0.3) is 5.91 Å². The molecule has 0 atom stereocenters. The van der Waals surface area contributed by atoms with E-state index in [1.165, 1.54) is 0 Å². The van der Waals surface area contributed by atoms with Crippen molar-refractivity contribution >= 4 is 11.6 Å². The third-order valence-electron chi connectivity index (χ3n) is 2.36. The molecule has 0 aromatic heterocycles. The molecular formula is C12H24N2O. The molecule has 0 fully saturated rings. The summed E-state index contributed by atoms with van der Waals surface area (Å²) in [6.45, 7) is 11.0. The molecule has 3 heteroatoms. The first kappa shape index (κ1) is 14.1. The van der Waals surface area contributed by atoms with Crippen LogP contribution in [-0.2, 0) is 4.79 Å². The van der Waals surface area contributed by atoms with Gasteiger partial charge in [-0.3, -0.25) is 9.79 Å². The van der Waals surface area contributed by atoms with Crippen molar-refractivity contribution in [3.63, 3.8) is 0 Å². The van der Waals surface area contributed by atoms with Gasteiger partial charge < -0.3 is 4.90 Å². The van der Waals surface area contributed by atoms with Gasteiger partial charge in [0.05, 0.1) is 0 Å². The first-order valence-corrected chi connectivity index (χ1v) is 5.73. The van der Waals surface area contributed by atoms with Crippen molar-refractivity contribution in [2.45, 2.75) is 47.1 Å². The summed E-state index contributed by atoms with van der Waals surface area (Å²) in [5.74, 6) is 0.282. The van der Waals surface area contributed by atoms with Crippen LogP contribution in [0.15, 0.2) is 4.99 Å². The highest BCUT2D eigenvalue weighted by atomic mass is 16.2. The predicted molar refractivity (Wildman–Crippen MR) is 65.3 cm³/mol. The number of aliphatic imine (C=N–C) groups is 1. The summed E-state index contributed by atoms with van der Waals surface area (Å²) in [5, 5.41) is 0. The summed E-state index contributed by atoms with van der Waals surface area (Å²) in [6.07, 6.45) is 0.985. The number of carbonyl (C=O) groups is 1. The van der Waals surface area contributed by atoms with Gasteiger partial charge in [0.15, 0.2) is 0 Å². The monoisotopic (exact) mass is 212 g/mol. The molecule has 88 valence electrons. The highest BCUT2D eigenvalue weighted by Crippen LogP contribution is 2.07. The Labute approximate surface area is 93.6 Å². The summed E-state index contributed by atoms with van der Waals surface area (Å²) in [4.78, 5) is 18.1. The Morgan fingerprint density at radius 1 is 1.27 bits per heavy atom. The van der Waals surface area contributed by atoms with Crippen molar-refractivity contribution < 1.29 is 4.79 Å². The largest absolute Gasteiger partial charge is 0.335 e. The third kappa shape index (κ3) is 4.02. The van der Waals surface area contributed by atoms with Crippen molar-refractivity contribution in [3.8, 4) is 0 Å². The summed E-state index contributed by atoms with van der Waals surface area (Å²) in [7, 11) is 1.69. The van der Waals surface area contributed by atoms with Gasteiger partial charge in [-0.05, 0) is 20.3 Å². The van der Waals surface area contributed by atoms with Gasteiger partial charge in [-0.15, -0.1) is 0 Å². The van der Waals surface area contributed by atoms with Crippen LogP contribution in [0.4, 0.5) is 0 Å². The highest BCUT2D eigenvalue weighted by Gasteiger charge is 2.22. The molecule has 0 aromatic rings. The van der Waals surface area contributed by atoms with Crippen molar-refractivity contribution in [1.29, 1.82) is 0 Å². The fraction of sp³-hybridized carbons (Fsp3) is 0.833. The van der Waals surface area contributed by atoms with Gasteiger partial charge in [0.2, 0.25) is 0 Å². The Morgan fingerprint density at radius 3 is 2.07 bits per heavy atom. The van der Waals surface area contributed by atoms with Crippen LogP contribution in [0, 0.1) is 5.92 Å². The average Bonchev–Trinajstić information content (AvgIpc) is 2.13. The maximum atomic E-state index is 12.1. The van der Waals surface area contributed by atoms with Crippen molar-refractivity contribution in [3.05, 3.63) is 0 Å². The molecule has 0 aliphatic carbocycles. The Hall–Kier alpha value is -0.860. The zero-order valence-corrected chi connectivity index (χ0v) is 10.9. The molecular weight excluding hydrogens is 188 g/mol. The second-order valence-corrected chi connectivity index (χ2v) is 4.36. The molecule has 0 rings (SSSR count). The van der Waals surface area contributed by atoms with Crippen LogP contribution in [-0.4, -0.2) is 36.2 Å². The second-order valence-electron chi connectivity index (χ2n) is 4.36. The van der Waals surface area contributed by atoms with Crippen LogP contribution in [0.3, 0.4) is 0 Å². The van der Waals surface area contributed by atoms with E-state index >= 15 is 0 Å². The third-order valence-corrected chi connectivity index (χ3v) is 2.36. The van der Waals surface area contributed by atoms with Gasteiger partial charge in [0, 0.05) is 25.6 Å². The van der Waals surface area contributed by atoms with Crippen LogP contribution in [0.25, 0.3) is 0 Å². The molecule has 0 aliphatic heterocycles. The van der Waals surface area contributed by atoms with Crippen molar-refractivity contribution in [1.82, 2.24) is 4.90 Å². The zero-order chi connectivity index (χ0) is 12.0. The number of carbonyl (C=O) groups excluding carboxylic acids is 1. The lowest BCUT2D eigenvalue weighted by atomic mass is 10.1. The lowest BCUT2D eigenvalue weighted by molar-refractivity contribution is -0.126. The van der Waals surface area contributed by atoms with E-state index < -0.39 is 0 Å². The van der Waals surface area contributed by atoms with E-state index in [2.05, 4.69) is 11.9 Å². The summed E-state index contributed by atoms with van der Waals surface area (Å²) in [6, 6.07) is 0.243. The van der Waals surface area contributed by atoms with Gasteiger partial charge in [-0.25, -0.2) is 0 Å². The predicted octanol–water partition coefficient (Wildman–Crippen LogP) is 2.36. The summed E-state index contributed by atoms with van der Waals surface area (Å²) in [5.41, 5.74) is 0.678. The molecule has 0 unspecified atom stereocenters. The quantitative estimate of drug-likeness (QED) is 0.644. The molecule has 0 N–H and O–H groups in total. The fourth-order valence-electron chi connectivity index (χ4n) is 1.58. The second kappa shape index (κ2) is 6.59. The molecule has 0 bridgehead atoms. The minimum atomic E-state index is 0.0874. The van der Waals surface area contributed by atoms with Crippen LogP contribution in [0.1, 0.15) is 41.0 Å². The van der Waals surface area contributed by atoms with Crippen LogP contribution < -0.4 is 0 Å². The maximum Gasteiger partial charge on any atom is 0.268 e. The SMILES string of the molecule is CCCN(C(=O)C(=NC)C(C)C)C(C)C.